The van der Waals surface area contributed by atoms with Crippen molar-refractivity contribution in [3.8, 4) is 0 Å². The third-order valence-corrected chi connectivity index (χ3v) is 4.49. The zero-order valence-electron chi connectivity index (χ0n) is 12.8. The summed E-state index contributed by atoms with van der Waals surface area (Å²) < 4.78 is 1.11. The molecule has 0 fully saturated rings. The Bertz CT molecular complexity index is 394. The van der Waals surface area contributed by atoms with Crippen LogP contribution in [0.2, 0.25) is 0 Å². The average Bonchev–Trinajstić information content (AvgIpc) is 2.47. The maximum atomic E-state index is 6.06. The summed E-state index contributed by atoms with van der Waals surface area (Å²) in [6, 6.07) is 6.35. The maximum absolute atomic E-state index is 6.06. The molecule has 1 rings (SSSR count). The third kappa shape index (κ3) is 5.27. The number of alkyl halides is 1. The van der Waals surface area contributed by atoms with Crippen molar-refractivity contribution >= 4 is 33.2 Å². The van der Waals surface area contributed by atoms with E-state index in [-0.39, 0.29) is 0 Å². The first-order valence-corrected chi connectivity index (χ1v) is 8.80. The van der Waals surface area contributed by atoms with Gasteiger partial charge in [-0.2, -0.15) is 0 Å². The summed E-state index contributed by atoms with van der Waals surface area (Å²) in [5.74, 6) is 0.565. The van der Waals surface area contributed by atoms with Crippen molar-refractivity contribution < 1.29 is 0 Å². The van der Waals surface area contributed by atoms with Crippen molar-refractivity contribution in [2.24, 2.45) is 0 Å². The minimum atomic E-state index is 0.565. The lowest BCUT2D eigenvalue weighted by atomic mass is 10.1. The molecule has 0 aliphatic rings. The zero-order valence-corrected chi connectivity index (χ0v) is 15.2. The fraction of sp³-hybridized carbons (Fsp3) is 0.625. The molecule has 0 spiro atoms. The van der Waals surface area contributed by atoms with Crippen molar-refractivity contribution in [1.29, 1.82) is 0 Å². The fourth-order valence-corrected chi connectivity index (χ4v) is 2.99. The standard InChI is InChI=1S/C16H26BrClN2/c1-4-19(5-2)10-7-11-20(6-3)16-12-15(17)9-8-14(16)13-18/h8-9,12H,4-7,10-11,13H2,1-3H3. The Balaban J connectivity index is 2.68. The Hall–Kier alpha value is -0.250. The molecule has 0 amide bonds. The van der Waals surface area contributed by atoms with Gasteiger partial charge in [-0.25, -0.2) is 0 Å². The van der Waals surface area contributed by atoms with Gasteiger partial charge < -0.3 is 9.80 Å². The van der Waals surface area contributed by atoms with Gasteiger partial charge in [-0.05, 0) is 50.7 Å². The van der Waals surface area contributed by atoms with E-state index in [0.29, 0.717) is 5.88 Å². The van der Waals surface area contributed by atoms with Crippen molar-refractivity contribution in [2.45, 2.75) is 33.1 Å². The van der Waals surface area contributed by atoms with Gasteiger partial charge in [0.15, 0.2) is 0 Å². The molecule has 0 saturated carbocycles. The Kier molecular flexibility index (Phi) is 8.58. The van der Waals surface area contributed by atoms with Gasteiger partial charge in [0.05, 0.1) is 0 Å². The Morgan fingerprint density at radius 1 is 1.05 bits per heavy atom. The van der Waals surface area contributed by atoms with Crippen LogP contribution in [0.4, 0.5) is 5.69 Å². The highest BCUT2D eigenvalue weighted by molar-refractivity contribution is 9.10. The van der Waals surface area contributed by atoms with E-state index in [0.717, 1.165) is 37.2 Å². The monoisotopic (exact) mass is 360 g/mol. The second-order valence-electron chi connectivity index (χ2n) is 4.87. The van der Waals surface area contributed by atoms with E-state index in [4.69, 9.17) is 11.6 Å². The fourth-order valence-electron chi connectivity index (χ4n) is 2.42. The van der Waals surface area contributed by atoms with E-state index in [2.05, 4.69) is 64.7 Å². The molecular formula is C16H26BrClN2. The second kappa shape index (κ2) is 9.64. The number of hydrogen-bond acceptors (Lipinski definition) is 2. The van der Waals surface area contributed by atoms with Crippen LogP contribution in [0.15, 0.2) is 22.7 Å². The highest BCUT2D eigenvalue weighted by atomic mass is 79.9. The van der Waals surface area contributed by atoms with Crippen LogP contribution in [0.3, 0.4) is 0 Å². The van der Waals surface area contributed by atoms with Crippen molar-refractivity contribution in [3.63, 3.8) is 0 Å². The molecule has 0 aromatic heterocycles. The Morgan fingerprint density at radius 3 is 2.30 bits per heavy atom. The number of benzene rings is 1. The Morgan fingerprint density at radius 2 is 1.75 bits per heavy atom. The van der Waals surface area contributed by atoms with E-state index in [9.17, 15) is 0 Å². The molecule has 0 aliphatic heterocycles. The molecule has 1 aromatic carbocycles. The lowest BCUT2D eigenvalue weighted by Gasteiger charge is -2.27. The van der Waals surface area contributed by atoms with Crippen LogP contribution in [0.25, 0.3) is 0 Å². The molecule has 0 heterocycles. The van der Waals surface area contributed by atoms with Gasteiger partial charge in [-0.1, -0.05) is 35.8 Å². The molecular weight excluding hydrogens is 336 g/mol. The predicted octanol–water partition coefficient (Wildman–Crippen LogP) is 4.75. The highest BCUT2D eigenvalue weighted by Gasteiger charge is 2.10. The lowest BCUT2D eigenvalue weighted by molar-refractivity contribution is 0.300. The topological polar surface area (TPSA) is 6.48 Å². The predicted molar refractivity (Wildman–Crippen MR) is 94.0 cm³/mol. The summed E-state index contributed by atoms with van der Waals surface area (Å²) in [5, 5.41) is 0. The summed E-state index contributed by atoms with van der Waals surface area (Å²) in [4.78, 5) is 4.89. The van der Waals surface area contributed by atoms with Crippen LogP contribution in [0, 0.1) is 0 Å². The number of hydrogen-bond donors (Lipinski definition) is 0. The molecule has 20 heavy (non-hydrogen) atoms. The number of halogens is 2. The minimum Gasteiger partial charge on any atom is -0.371 e. The Labute approximate surface area is 137 Å². The summed E-state index contributed by atoms with van der Waals surface area (Å²) >= 11 is 9.62. The molecule has 0 aliphatic carbocycles. The van der Waals surface area contributed by atoms with Crippen LogP contribution in [-0.4, -0.2) is 37.6 Å². The van der Waals surface area contributed by atoms with Gasteiger partial charge in [0.1, 0.15) is 0 Å². The van der Waals surface area contributed by atoms with Gasteiger partial charge >= 0.3 is 0 Å². The average molecular weight is 362 g/mol. The quantitative estimate of drug-likeness (QED) is 0.586. The van der Waals surface area contributed by atoms with Gasteiger partial charge in [-0.3, -0.25) is 0 Å². The van der Waals surface area contributed by atoms with Gasteiger partial charge in [0.25, 0.3) is 0 Å². The first-order chi connectivity index (χ1) is 9.65. The van der Waals surface area contributed by atoms with Crippen LogP contribution in [-0.2, 0) is 5.88 Å². The number of nitrogens with zero attached hydrogens (tertiary/aromatic N) is 2. The summed E-state index contributed by atoms with van der Waals surface area (Å²) in [6.45, 7) is 12.2. The summed E-state index contributed by atoms with van der Waals surface area (Å²) in [7, 11) is 0. The number of rotatable bonds is 9. The minimum absolute atomic E-state index is 0.565. The van der Waals surface area contributed by atoms with Crippen LogP contribution < -0.4 is 4.90 Å². The normalized spacial score (nSPS) is 11.1. The molecule has 1 aromatic rings. The van der Waals surface area contributed by atoms with E-state index >= 15 is 0 Å². The number of anilines is 1. The summed E-state index contributed by atoms with van der Waals surface area (Å²) in [5.41, 5.74) is 2.47. The summed E-state index contributed by atoms with van der Waals surface area (Å²) in [6.07, 6.45) is 1.18. The lowest BCUT2D eigenvalue weighted by Crippen LogP contribution is -2.30. The molecule has 114 valence electrons. The smallest absolute Gasteiger partial charge is 0.0494 e. The molecule has 0 bridgehead atoms. The molecule has 4 heteroatoms. The van der Waals surface area contributed by atoms with Gasteiger partial charge in [0.2, 0.25) is 0 Å². The first-order valence-electron chi connectivity index (χ1n) is 7.47. The zero-order chi connectivity index (χ0) is 15.0. The second-order valence-corrected chi connectivity index (χ2v) is 6.05. The maximum Gasteiger partial charge on any atom is 0.0494 e. The molecule has 0 saturated heterocycles. The first kappa shape index (κ1) is 17.8. The van der Waals surface area contributed by atoms with E-state index in [1.807, 2.05) is 0 Å². The molecule has 0 unspecified atom stereocenters. The van der Waals surface area contributed by atoms with Crippen molar-refractivity contribution in [1.82, 2.24) is 4.90 Å². The van der Waals surface area contributed by atoms with E-state index in [1.54, 1.807) is 0 Å². The van der Waals surface area contributed by atoms with Gasteiger partial charge in [0, 0.05) is 29.1 Å². The molecule has 2 nitrogen and oxygen atoms in total. The van der Waals surface area contributed by atoms with E-state index < -0.39 is 0 Å². The van der Waals surface area contributed by atoms with Crippen molar-refractivity contribution in [2.75, 3.05) is 37.6 Å². The van der Waals surface area contributed by atoms with Gasteiger partial charge in [-0.15, -0.1) is 11.6 Å². The molecule has 0 N–H and O–H groups in total. The highest BCUT2D eigenvalue weighted by Crippen LogP contribution is 2.26. The van der Waals surface area contributed by atoms with Crippen molar-refractivity contribution in [3.05, 3.63) is 28.2 Å². The third-order valence-electron chi connectivity index (χ3n) is 3.71. The van der Waals surface area contributed by atoms with Crippen LogP contribution >= 0.6 is 27.5 Å². The van der Waals surface area contributed by atoms with Crippen LogP contribution in [0.1, 0.15) is 32.8 Å². The van der Waals surface area contributed by atoms with E-state index in [1.165, 1.54) is 17.7 Å². The molecule has 0 radical (unpaired) electrons. The largest absolute Gasteiger partial charge is 0.371 e. The van der Waals surface area contributed by atoms with Crippen LogP contribution in [0.5, 0.6) is 0 Å². The SMILES string of the molecule is CCN(CC)CCCN(CC)c1cc(Br)ccc1CCl. The molecule has 0 atom stereocenters.